The monoisotopic (exact) mass is 228 g/mol. The number of carbonyl (C=O) groups is 1. The van der Waals surface area contributed by atoms with E-state index >= 15 is 0 Å². The van der Waals surface area contributed by atoms with Crippen molar-refractivity contribution in [2.45, 2.75) is 51.2 Å². The predicted molar refractivity (Wildman–Crippen MR) is 63.9 cm³/mol. The Morgan fingerprint density at radius 3 is 2.81 bits per heavy atom. The molecular weight excluding hydrogens is 204 g/mol. The SMILES string of the molecule is CC(O)CN(C)C(=O)C1(N)CCCC(C)C1. The third-order valence-electron chi connectivity index (χ3n) is 3.34. The number of amides is 1. The van der Waals surface area contributed by atoms with Crippen LogP contribution in [0.5, 0.6) is 0 Å². The van der Waals surface area contributed by atoms with E-state index in [1.165, 1.54) is 0 Å². The summed E-state index contributed by atoms with van der Waals surface area (Å²) in [5.74, 6) is 0.489. The van der Waals surface area contributed by atoms with E-state index in [-0.39, 0.29) is 5.91 Å². The number of carbonyl (C=O) groups excluding carboxylic acids is 1. The number of aliphatic hydroxyl groups excluding tert-OH is 1. The second kappa shape index (κ2) is 5.15. The van der Waals surface area contributed by atoms with E-state index in [1.807, 2.05) is 0 Å². The molecule has 0 aromatic carbocycles. The normalized spacial score (nSPS) is 32.2. The number of hydrogen-bond donors (Lipinski definition) is 2. The molecule has 3 atom stereocenters. The maximum Gasteiger partial charge on any atom is 0.242 e. The van der Waals surface area contributed by atoms with E-state index in [2.05, 4.69) is 6.92 Å². The molecule has 0 aliphatic heterocycles. The molecule has 0 aromatic rings. The number of aliphatic hydroxyl groups is 1. The molecule has 0 aromatic heterocycles. The van der Waals surface area contributed by atoms with Crippen LogP contribution in [0.2, 0.25) is 0 Å². The van der Waals surface area contributed by atoms with Crippen molar-refractivity contribution in [3.05, 3.63) is 0 Å². The third kappa shape index (κ3) is 3.19. The van der Waals surface area contributed by atoms with Crippen LogP contribution < -0.4 is 5.73 Å². The van der Waals surface area contributed by atoms with Gasteiger partial charge in [0.25, 0.3) is 0 Å². The van der Waals surface area contributed by atoms with Gasteiger partial charge in [0.05, 0.1) is 11.6 Å². The highest BCUT2D eigenvalue weighted by atomic mass is 16.3. The first kappa shape index (κ1) is 13.5. The molecule has 0 heterocycles. The minimum absolute atomic E-state index is 0.0278. The van der Waals surface area contributed by atoms with Gasteiger partial charge in [0.15, 0.2) is 0 Å². The average molecular weight is 228 g/mol. The van der Waals surface area contributed by atoms with Gasteiger partial charge in [-0.15, -0.1) is 0 Å². The quantitative estimate of drug-likeness (QED) is 0.748. The molecule has 94 valence electrons. The fraction of sp³-hybridized carbons (Fsp3) is 0.917. The summed E-state index contributed by atoms with van der Waals surface area (Å²) in [4.78, 5) is 13.7. The van der Waals surface area contributed by atoms with Gasteiger partial charge in [-0.1, -0.05) is 19.8 Å². The van der Waals surface area contributed by atoms with Crippen molar-refractivity contribution < 1.29 is 9.90 Å². The zero-order chi connectivity index (χ0) is 12.3. The standard InChI is InChI=1S/C12H24N2O2/c1-9-5-4-6-12(13,7-9)11(16)14(3)8-10(2)15/h9-10,15H,4-8,13H2,1-3H3. The summed E-state index contributed by atoms with van der Waals surface area (Å²) >= 11 is 0. The zero-order valence-electron chi connectivity index (χ0n) is 10.6. The molecule has 4 nitrogen and oxygen atoms in total. The molecule has 3 N–H and O–H groups in total. The lowest BCUT2D eigenvalue weighted by molar-refractivity contribution is -0.138. The summed E-state index contributed by atoms with van der Waals surface area (Å²) in [7, 11) is 1.71. The van der Waals surface area contributed by atoms with Crippen LogP contribution >= 0.6 is 0 Å². The average Bonchev–Trinajstić information content (AvgIpc) is 2.15. The van der Waals surface area contributed by atoms with Crippen LogP contribution in [0.15, 0.2) is 0 Å². The molecule has 0 saturated heterocycles. The zero-order valence-corrected chi connectivity index (χ0v) is 10.6. The number of nitrogens with zero attached hydrogens (tertiary/aromatic N) is 1. The van der Waals surface area contributed by atoms with Crippen LogP contribution in [-0.2, 0) is 4.79 Å². The third-order valence-corrected chi connectivity index (χ3v) is 3.34. The van der Waals surface area contributed by atoms with Gasteiger partial charge < -0.3 is 15.7 Å². The topological polar surface area (TPSA) is 66.6 Å². The maximum atomic E-state index is 12.2. The van der Waals surface area contributed by atoms with E-state index in [0.29, 0.717) is 12.5 Å². The number of rotatable bonds is 3. The van der Waals surface area contributed by atoms with E-state index in [0.717, 1.165) is 25.7 Å². The van der Waals surface area contributed by atoms with Crippen molar-refractivity contribution in [2.24, 2.45) is 11.7 Å². The second-order valence-corrected chi connectivity index (χ2v) is 5.39. The van der Waals surface area contributed by atoms with Crippen molar-refractivity contribution in [2.75, 3.05) is 13.6 Å². The van der Waals surface area contributed by atoms with E-state index in [4.69, 9.17) is 5.73 Å². The van der Waals surface area contributed by atoms with Crippen LogP contribution in [0.3, 0.4) is 0 Å². The highest BCUT2D eigenvalue weighted by molar-refractivity contribution is 5.86. The van der Waals surface area contributed by atoms with E-state index < -0.39 is 11.6 Å². The molecule has 1 saturated carbocycles. The van der Waals surface area contributed by atoms with Crippen LogP contribution in [0.1, 0.15) is 39.5 Å². The van der Waals surface area contributed by atoms with Gasteiger partial charge in [0.2, 0.25) is 5.91 Å². The number of hydrogen-bond acceptors (Lipinski definition) is 3. The van der Waals surface area contributed by atoms with Crippen molar-refractivity contribution in [1.82, 2.24) is 4.90 Å². The maximum absolute atomic E-state index is 12.2. The predicted octanol–water partition coefficient (Wildman–Crippen LogP) is 0.733. The lowest BCUT2D eigenvalue weighted by Gasteiger charge is -2.38. The molecule has 16 heavy (non-hydrogen) atoms. The fourth-order valence-corrected chi connectivity index (χ4v) is 2.65. The van der Waals surface area contributed by atoms with Gasteiger partial charge in [-0.3, -0.25) is 4.79 Å². The fourth-order valence-electron chi connectivity index (χ4n) is 2.65. The first-order valence-electron chi connectivity index (χ1n) is 6.07. The summed E-state index contributed by atoms with van der Waals surface area (Å²) in [6.07, 6.45) is 3.20. The van der Waals surface area contributed by atoms with Crippen molar-refractivity contribution >= 4 is 5.91 Å². The summed E-state index contributed by atoms with van der Waals surface area (Å²) in [5.41, 5.74) is 5.49. The lowest BCUT2D eigenvalue weighted by atomic mass is 9.76. The van der Waals surface area contributed by atoms with Gasteiger partial charge in [0, 0.05) is 13.6 Å². The minimum Gasteiger partial charge on any atom is -0.392 e. The Morgan fingerprint density at radius 2 is 2.31 bits per heavy atom. The molecule has 0 bridgehead atoms. The largest absolute Gasteiger partial charge is 0.392 e. The first-order chi connectivity index (χ1) is 7.35. The molecule has 1 aliphatic rings. The minimum atomic E-state index is -0.707. The van der Waals surface area contributed by atoms with Crippen molar-refractivity contribution in [3.8, 4) is 0 Å². The number of likely N-dealkylation sites (N-methyl/N-ethyl adjacent to an activating group) is 1. The van der Waals surface area contributed by atoms with Crippen LogP contribution in [0.25, 0.3) is 0 Å². The molecule has 1 amide bonds. The Morgan fingerprint density at radius 1 is 1.69 bits per heavy atom. The molecule has 1 fully saturated rings. The van der Waals surface area contributed by atoms with Crippen molar-refractivity contribution in [1.29, 1.82) is 0 Å². The molecular formula is C12H24N2O2. The van der Waals surface area contributed by atoms with Gasteiger partial charge in [-0.2, -0.15) is 0 Å². The summed E-state index contributed by atoms with van der Waals surface area (Å²) in [5, 5.41) is 9.27. The van der Waals surface area contributed by atoms with Gasteiger partial charge in [-0.05, 0) is 25.7 Å². The van der Waals surface area contributed by atoms with E-state index in [9.17, 15) is 9.90 Å². The van der Waals surface area contributed by atoms with Gasteiger partial charge in [0.1, 0.15) is 0 Å². The second-order valence-electron chi connectivity index (χ2n) is 5.39. The molecule has 0 radical (unpaired) electrons. The van der Waals surface area contributed by atoms with Crippen LogP contribution in [-0.4, -0.2) is 41.1 Å². The van der Waals surface area contributed by atoms with E-state index in [1.54, 1.807) is 18.9 Å². The lowest BCUT2D eigenvalue weighted by Crippen LogP contribution is -2.57. The Bertz CT molecular complexity index is 255. The Balaban J connectivity index is 2.63. The smallest absolute Gasteiger partial charge is 0.242 e. The summed E-state index contributed by atoms with van der Waals surface area (Å²) in [6, 6.07) is 0. The molecule has 1 aliphatic carbocycles. The van der Waals surface area contributed by atoms with Gasteiger partial charge in [-0.25, -0.2) is 0 Å². The Hall–Kier alpha value is -0.610. The Kier molecular flexibility index (Phi) is 4.33. The molecule has 1 rings (SSSR count). The van der Waals surface area contributed by atoms with Crippen LogP contribution in [0.4, 0.5) is 0 Å². The first-order valence-corrected chi connectivity index (χ1v) is 6.07. The summed E-state index contributed by atoms with van der Waals surface area (Å²) < 4.78 is 0. The summed E-state index contributed by atoms with van der Waals surface area (Å²) in [6.45, 7) is 4.17. The highest BCUT2D eigenvalue weighted by Crippen LogP contribution is 2.31. The van der Waals surface area contributed by atoms with Gasteiger partial charge >= 0.3 is 0 Å². The molecule has 0 spiro atoms. The van der Waals surface area contributed by atoms with Crippen LogP contribution in [0, 0.1) is 5.92 Å². The Labute approximate surface area is 97.8 Å². The highest BCUT2D eigenvalue weighted by Gasteiger charge is 2.39. The number of nitrogens with two attached hydrogens (primary N) is 1. The molecule has 4 heteroatoms. The molecule has 3 unspecified atom stereocenters. The van der Waals surface area contributed by atoms with Crippen molar-refractivity contribution in [3.63, 3.8) is 0 Å².